The van der Waals surface area contributed by atoms with Crippen molar-refractivity contribution in [3.63, 3.8) is 0 Å². The maximum absolute atomic E-state index is 13.1. The summed E-state index contributed by atoms with van der Waals surface area (Å²) in [6, 6.07) is -0.807. The van der Waals surface area contributed by atoms with Gasteiger partial charge in [0.1, 0.15) is 24.4 Å². The summed E-state index contributed by atoms with van der Waals surface area (Å²) in [7, 11) is 0. The Kier molecular flexibility index (Phi) is 55.0. The van der Waals surface area contributed by atoms with Gasteiger partial charge in [-0.3, -0.25) is 4.79 Å². The molecule has 1 aliphatic rings. The first-order chi connectivity index (χ1) is 38.3. The first-order valence-electron chi connectivity index (χ1n) is 33.5. The van der Waals surface area contributed by atoms with Gasteiger partial charge in [-0.05, 0) is 57.8 Å². The molecule has 0 spiro atoms. The van der Waals surface area contributed by atoms with Gasteiger partial charge < -0.3 is 40.3 Å². The molecule has 1 heterocycles. The summed E-state index contributed by atoms with van der Waals surface area (Å²) in [4.78, 5) is 13.1. The van der Waals surface area contributed by atoms with Crippen LogP contribution in [0, 0.1) is 0 Å². The zero-order chi connectivity index (χ0) is 56.5. The predicted molar refractivity (Wildman–Crippen MR) is 332 cm³/mol. The maximum Gasteiger partial charge on any atom is 0.220 e. The van der Waals surface area contributed by atoms with E-state index >= 15 is 0 Å². The number of hydrogen-bond acceptors (Lipinski definition) is 8. The summed E-state index contributed by atoms with van der Waals surface area (Å²) in [6.07, 6.45) is 73.1. The van der Waals surface area contributed by atoms with Crippen LogP contribution in [0.4, 0.5) is 0 Å². The van der Waals surface area contributed by atoms with Gasteiger partial charge in [-0.25, -0.2) is 0 Å². The number of carbonyl (C=O) groups is 1. The average molecular weight is 1100 g/mol. The molecule has 9 nitrogen and oxygen atoms in total. The molecule has 1 fully saturated rings. The molecule has 9 heteroatoms. The molecular weight excluding hydrogens is 971 g/mol. The summed E-state index contributed by atoms with van der Waals surface area (Å²) < 4.78 is 11.3. The highest BCUT2D eigenvalue weighted by molar-refractivity contribution is 5.76. The minimum Gasteiger partial charge on any atom is -0.394 e. The number of rotatable bonds is 58. The number of hydrogen-bond donors (Lipinski definition) is 6. The summed E-state index contributed by atoms with van der Waals surface area (Å²) in [5.41, 5.74) is 0. The van der Waals surface area contributed by atoms with Gasteiger partial charge in [-0.1, -0.05) is 312 Å². The van der Waals surface area contributed by atoms with Crippen molar-refractivity contribution in [2.75, 3.05) is 13.2 Å². The van der Waals surface area contributed by atoms with Gasteiger partial charge in [0.25, 0.3) is 0 Å². The molecule has 0 aromatic carbocycles. The van der Waals surface area contributed by atoms with Crippen LogP contribution in [0.15, 0.2) is 60.8 Å². The van der Waals surface area contributed by atoms with Crippen LogP contribution >= 0.6 is 0 Å². The number of allylic oxidation sites excluding steroid dienone is 9. The van der Waals surface area contributed by atoms with Crippen LogP contribution in [0.1, 0.15) is 316 Å². The molecular formula is C69H127NO8. The highest BCUT2D eigenvalue weighted by Gasteiger charge is 2.44. The topological polar surface area (TPSA) is 149 Å². The lowest BCUT2D eigenvalue weighted by Gasteiger charge is -2.40. The highest BCUT2D eigenvalue weighted by atomic mass is 16.7. The van der Waals surface area contributed by atoms with Crippen molar-refractivity contribution in [2.24, 2.45) is 0 Å². The summed E-state index contributed by atoms with van der Waals surface area (Å²) in [5, 5.41) is 54.7. The molecule has 1 aliphatic heterocycles. The van der Waals surface area contributed by atoms with Crippen molar-refractivity contribution in [1.82, 2.24) is 5.32 Å². The second-order valence-corrected chi connectivity index (χ2v) is 23.2. The van der Waals surface area contributed by atoms with Gasteiger partial charge in [0, 0.05) is 6.42 Å². The Hall–Kier alpha value is -2.11. The molecule has 0 aromatic heterocycles. The molecule has 7 atom stereocenters. The van der Waals surface area contributed by atoms with Crippen LogP contribution in [0.25, 0.3) is 0 Å². The monoisotopic (exact) mass is 1100 g/mol. The lowest BCUT2D eigenvalue weighted by atomic mass is 9.99. The third-order valence-corrected chi connectivity index (χ3v) is 15.8. The first kappa shape index (κ1) is 73.9. The number of ether oxygens (including phenoxy) is 2. The van der Waals surface area contributed by atoms with Gasteiger partial charge >= 0.3 is 0 Å². The second-order valence-electron chi connectivity index (χ2n) is 23.2. The molecule has 0 saturated carbocycles. The van der Waals surface area contributed by atoms with Crippen LogP contribution < -0.4 is 5.32 Å². The molecule has 1 rings (SSSR count). The van der Waals surface area contributed by atoms with Gasteiger partial charge in [-0.2, -0.15) is 0 Å². The Morgan fingerprint density at radius 3 is 1.18 bits per heavy atom. The van der Waals surface area contributed by atoms with E-state index in [1.807, 2.05) is 6.08 Å². The van der Waals surface area contributed by atoms with Gasteiger partial charge in [-0.15, -0.1) is 0 Å². The van der Waals surface area contributed by atoms with E-state index < -0.39 is 49.5 Å². The minimum atomic E-state index is -1.57. The first-order valence-corrected chi connectivity index (χ1v) is 33.5. The van der Waals surface area contributed by atoms with Crippen molar-refractivity contribution in [3.05, 3.63) is 60.8 Å². The summed E-state index contributed by atoms with van der Waals surface area (Å²) in [5.74, 6) is -0.173. The number of aliphatic hydroxyl groups is 5. The van der Waals surface area contributed by atoms with Crippen LogP contribution in [-0.2, 0) is 14.3 Å². The van der Waals surface area contributed by atoms with Gasteiger partial charge in [0.2, 0.25) is 5.91 Å². The van der Waals surface area contributed by atoms with Crippen molar-refractivity contribution >= 4 is 5.91 Å². The summed E-state index contributed by atoms with van der Waals surface area (Å²) >= 11 is 0. The number of aliphatic hydroxyl groups excluding tert-OH is 5. The second kappa shape index (κ2) is 58.1. The van der Waals surface area contributed by atoms with Crippen molar-refractivity contribution in [1.29, 1.82) is 0 Å². The third kappa shape index (κ3) is 46.5. The van der Waals surface area contributed by atoms with E-state index in [0.29, 0.717) is 6.42 Å². The Morgan fingerprint density at radius 1 is 0.449 bits per heavy atom. The van der Waals surface area contributed by atoms with E-state index in [0.717, 1.165) is 64.2 Å². The molecule has 1 saturated heterocycles. The van der Waals surface area contributed by atoms with Gasteiger partial charge in [0.05, 0.1) is 25.4 Å². The fourth-order valence-electron chi connectivity index (χ4n) is 10.6. The number of unbranched alkanes of at least 4 members (excludes halogenated alkanes) is 40. The quantitative estimate of drug-likeness (QED) is 0.0261. The largest absolute Gasteiger partial charge is 0.394 e. The third-order valence-electron chi connectivity index (χ3n) is 15.8. The molecule has 6 N–H and O–H groups in total. The standard InChI is InChI=1S/C69H127NO8/c1-3-5-7-9-11-13-15-17-19-21-23-25-27-29-30-31-32-33-34-35-37-39-41-43-45-47-49-51-53-55-57-59-65(73)70-62(61-77-69-68(76)67(75)66(74)64(60-71)78-69)63(72)58-56-54-52-50-48-46-44-42-40-38-36-28-26-24-22-20-18-16-14-12-10-8-6-4-2/h5,7,11,13,17,19,23,25,56,58,62-64,66-69,71-72,74-76H,3-4,6,8-10,12,14-16,18,20-22,24,26-55,57,59-61H2,1-2H3,(H,70,73)/b7-5-,13-11-,19-17-,25-23-,58-56+. The normalized spacial score (nSPS) is 19.0. The Morgan fingerprint density at radius 2 is 0.795 bits per heavy atom. The van der Waals surface area contributed by atoms with E-state index in [4.69, 9.17) is 9.47 Å². The number of nitrogens with one attached hydrogen (secondary N) is 1. The molecule has 0 aliphatic carbocycles. The molecule has 78 heavy (non-hydrogen) atoms. The summed E-state index contributed by atoms with van der Waals surface area (Å²) in [6.45, 7) is 3.71. The molecule has 1 amide bonds. The lowest BCUT2D eigenvalue weighted by molar-refractivity contribution is -0.302. The van der Waals surface area contributed by atoms with E-state index in [-0.39, 0.29) is 12.5 Å². The number of amides is 1. The Balaban J connectivity index is 2.14. The van der Waals surface area contributed by atoms with Crippen LogP contribution in [0.3, 0.4) is 0 Å². The smallest absolute Gasteiger partial charge is 0.220 e. The van der Waals surface area contributed by atoms with Crippen molar-refractivity contribution < 1.29 is 39.8 Å². The van der Waals surface area contributed by atoms with E-state index in [1.54, 1.807) is 6.08 Å². The van der Waals surface area contributed by atoms with Gasteiger partial charge in [0.15, 0.2) is 6.29 Å². The van der Waals surface area contributed by atoms with Crippen LogP contribution in [0.2, 0.25) is 0 Å². The fourth-order valence-corrected chi connectivity index (χ4v) is 10.6. The predicted octanol–water partition coefficient (Wildman–Crippen LogP) is 17.8. The number of carbonyl (C=O) groups excluding carboxylic acids is 1. The van der Waals surface area contributed by atoms with Crippen molar-refractivity contribution in [3.8, 4) is 0 Å². The Bertz CT molecular complexity index is 1410. The van der Waals surface area contributed by atoms with Crippen LogP contribution in [0.5, 0.6) is 0 Å². The fraction of sp³-hybridized carbons (Fsp3) is 0.841. The zero-order valence-corrected chi connectivity index (χ0v) is 50.9. The molecule has 456 valence electrons. The average Bonchev–Trinajstić information content (AvgIpc) is 3.45. The highest BCUT2D eigenvalue weighted by Crippen LogP contribution is 2.23. The minimum absolute atomic E-state index is 0.173. The molecule has 0 aromatic rings. The molecule has 7 unspecified atom stereocenters. The molecule has 0 bridgehead atoms. The van der Waals surface area contributed by atoms with E-state index in [1.165, 1.54) is 231 Å². The maximum atomic E-state index is 13.1. The van der Waals surface area contributed by atoms with E-state index in [2.05, 4.69) is 67.8 Å². The molecule has 0 radical (unpaired) electrons. The Labute approximate surface area is 481 Å². The van der Waals surface area contributed by atoms with E-state index in [9.17, 15) is 30.3 Å². The van der Waals surface area contributed by atoms with Crippen LogP contribution in [-0.4, -0.2) is 87.5 Å². The zero-order valence-electron chi connectivity index (χ0n) is 50.9. The van der Waals surface area contributed by atoms with Crippen molar-refractivity contribution in [2.45, 2.75) is 358 Å². The lowest BCUT2D eigenvalue weighted by Crippen LogP contribution is -2.60. The SMILES string of the molecule is CC/C=C\C/C=C\C/C=C\C/C=C\CCCCCCCCCCCCCCCCCCCCC(=O)NC(COC1OC(CO)C(O)C(O)C1O)C(O)/C=C/CCCCCCCCCCCCCCCCCCCCCCCC.